The summed E-state index contributed by atoms with van der Waals surface area (Å²) in [6.45, 7) is 1.30. The topological polar surface area (TPSA) is 68.8 Å². The highest BCUT2D eigenvalue weighted by Gasteiger charge is 2.35. The summed E-state index contributed by atoms with van der Waals surface area (Å²) in [5, 5.41) is 11.6. The van der Waals surface area contributed by atoms with Gasteiger partial charge in [-0.15, -0.1) is 5.10 Å². The number of halogens is 3. The molecule has 10 heteroatoms. The molecular weight excluding hydrogens is 385 g/mol. The summed E-state index contributed by atoms with van der Waals surface area (Å²) in [7, 11) is 0. The van der Waals surface area contributed by atoms with E-state index in [0.717, 1.165) is 11.6 Å². The van der Waals surface area contributed by atoms with Crippen LogP contribution in [-0.2, 0) is 12.7 Å². The molecule has 1 aromatic carbocycles. The molecule has 1 aliphatic rings. The first kappa shape index (κ1) is 19.2. The second-order valence-corrected chi connectivity index (χ2v) is 7.01. The van der Waals surface area contributed by atoms with E-state index in [1.54, 1.807) is 15.8 Å². The molecule has 1 aliphatic heterocycles. The Balaban J connectivity index is 1.43. The van der Waals surface area contributed by atoms with Gasteiger partial charge in [-0.05, 0) is 24.5 Å². The number of carbonyl (C=O) groups is 1. The van der Waals surface area contributed by atoms with Crippen molar-refractivity contribution in [3.05, 3.63) is 65.7 Å². The van der Waals surface area contributed by atoms with Crippen molar-refractivity contribution in [2.75, 3.05) is 13.1 Å². The van der Waals surface area contributed by atoms with Crippen LogP contribution in [0.5, 0.6) is 0 Å². The van der Waals surface area contributed by atoms with Gasteiger partial charge in [-0.2, -0.15) is 18.3 Å². The number of alkyl halides is 3. The Labute approximate surface area is 164 Å². The number of hydrogen-bond donors (Lipinski definition) is 0. The smallest absolute Gasteiger partial charge is 0.335 e. The van der Waals surface area contributed by atoms with Crippen molar-refractivity contribution in [3.8, 4) is 0 Å². The van der Waals surface area contributed by atoms with Gasteiger partial charge in [0.2, 0.25) is 0 Å². The summed E-state index contributed by atoms with van der Waals surface area (Å²) in [6.07, 6.45) is -0.238. The van der Waals surface area contributed by atoms with Gasteiger partial charge in [-0.25, -0.2) is 4.68 Å². The van der Waals surface area contributed by atoms with E-state index in [4.69, 9.17) is 0 Å². The van der Waals surface area contributed by atoms with Gasteiger partial charge in [0.25, 0.3) is 5.91 Å². The fourth-order valence-electron chi connectivity index (χ4n) is 3.45. The molecule has 0 radical (unpaired) electrons. The van der Waals surface area contributed by atoms with Crippen LogP contribution in [0, 0.1) is 0 Å². The van der Waals surface area contributed by atoms with Crippen molar-refractivity contribution >= 4 is 5.91 Å². The minimum absolute atomic E-state index is 0.220. The molecule has 1 atom stereocenters. The summed E-state index contributed by atoms with van der Waals surface area (Å²) in [4.78, 5) is 14.4. The molecule has 2 aromatic heterocycles. The van der Waals surface area contributed by atoms with Crippen LogP contribution in [0.2, 0.25) is 0 Å². The predicted molar refractivity (Wildman–Crippen MR) is 97.0 cm³/mol. The summed E-state index contributed by atoms with van der Waals surface area (Å²) < 4.78 is 41.3. The zero-order valence-electron chi connectivity index (χ0n) is 15.5. The maximum atomic E-state index is 12.8. The van der Waals surface area contributed by atoms with Crippen molar-refractivity contribution < 1.29 is 18.0 Å². The maximum Gasteiger partial charge on any atom is 0.435 e. The van der Waals surface area contributed by atoms with Gasteiger partial charge >= 0.3 is 6.18 Å². The monoisotopic (exact) mass is 404 g/mol. The molecule has 0 bridgehead atoms. The molecule has 29 heavy (non-hydrogen) atoms. The van der Waals surface area contributed by atoms with E-state index in [9.17, 15) is 18.0 Å². The van der Waals surface area contributed by atoms with Crippen LogP contribution in [-0.4, -0.2) is 48.7 Å². The Morgan fingerprint density at radius 1 is 1.17 bits per heavy atom. The second kappa shape index (κ2) is 7.69. The largest absolute Gasteiger partial charge is 0.435 e. The number of amides is 1. The van der Waals surface area contributed by atoms with E-state index < -0.39 is 11.9 Å². The Hall–Kier alpha value is -3.17. The summed E-state index contributed by atoms with van der Waals surface area (Å²) in [5.74, 6) is -0.280. The van der Waals surface area contributed by atoms with Crippen LogP contribution in [0.25, 0.3) is 0 Å². The van der Waals surface area contributed by atoms with E-state index in [1.807, 2.05) is 30.3 Å². The first-order chi connectivity index (χ1) is 13.9. The van der Waals surface area contributed by atoms with Gasteiger partial charge in [0.15, 0.2) is 11.4 Å². The number of hydrogen-bond acceptors (Lipinski definition) is 4. The molecule has 1 saturated heterocycles. The van der Waals surface area contributed by atoms with Crippen LogP contribution >= 0.6 is 0 Å². The molecule has 4 rings (SSSR count). The normalized spacial score (nSPS) is 17.5. The Morgan fingerprint density at radius 3 is 2.69 bits per heavy atom. The molecule has 1 unspecified atom stereocenters. The standard InChI is InChI=1S/C19H19F3N6O/c20-19(21,22)17-8-10-28(24-17)15-7-4-9-26(12-15)18(29)16-13-27(25-23-16)11-14-5-2-1-3-6-14/h1-3,5-6,8,10,13,15H,4,7,9,11-12H2. The van der Waals surface area contributed by atoms with Crippen LogP contribution in [0.3, 0.4) is 0 Å². The van der Waals surface area contributed by atoms with Crippen molar-refractivity contribution in [2.45, 2.75) is 31.6 Å². The molecule has 1 amide bonds. The predicted octanol–water partition coefficient (Wildman–Crippen LogP) is 3.02. The molecule has 0 aliphatic carbocycles. The zero-order chi connectivity index (χ0) is 20.4. The third-order valence-electron chi connectivity index (χ3n) is 4.90. The minimum Gasteiger partial charge on any atom is -0.335 e. The van der Waals surface area contributed by atoms with E-state index in [0.29, 0.717) is 25.9 Å². The summed E-state index contributed by atoms with van der Waals surface area (Å²) in [5.41, 5.74) is 0.330. The lowest BCUT2D eigenvalue weighted by molar-refractivity contribution is -0.141. The summed E-state index contributed by atoms with van der Waals surface area (Å²) in [6, 6.07) is 10.3. The van der Waals surface area contributed by atoms with Crippen LogP contribution in [0.15, 0.2) is 48.8 Å². The van der Waals surface area contributed by atoms with Crippen molar-refractivity contribution in [1.29, 1.82) is 0 Å². The van der Waals surface area contributed by atoms with Crippen LogP contribution < -0.4 is 0 Å². The number of carbonyl (C=O) groups excluding carboxylic acids is 1. The number of rotatable bonds is 4. The van der Waals surface area contributed by atoms with E-state index >= 15 is 0 Å². The van der Waals surface area contributed by atoms with Crippen LogP contribution in [0.4, 0.5) is 13.2 Å². The Kier molecular flexibility index (Phi) is 5.08. The first-order valence-corrected chi connectivity index (χ1v) is 9.26. The lowest BCUT2D eigenvalue weighted by atomic mass is 10.1. The second-order valence-electron chi connectivity index (χ2n) is 7.01. The third kappa shape index (κ3) is 4.30. The molecule has 0 spiro atoms. The van der Waals surface area contributed by atoms with Gasteiger partial charge < -0.3 is 4.90 Å². The number of likely N-dealkylation sites (tertiary alicyclic amines) is 1. The average Bonchev–Trinajstić information content (AvgIpc) is 3.38. The lowest BCUT2D eigenvalue weighted by Crippen LogP contribution is -2.41. The molecule has 3 aromatic rings. The van der Waals surface area contributed by atoms with Gasteiger partial charge in [0.05, 0.1) is 18.8 Å². The van der Waals surface area contributed by atoms with E-state index in [2.05, 4.69) is 15.4 Å². The van der Waals surface area contributed by atoms with Gasteiger partial charge in [-0.1, -0.05) is 35.5 Å². The quantitative estimate of drug-likeness (QED) is 0.670. The number of piperidine rings is 1. The van der Waals surface area contributed by atoms with Crippen molar-refractivity contribution in [1.82, 2.24) is 29.7 Å². The van der Waals surface area contributed by atoms with Crippen LogP contribution in [0.1, 0.15) is 40.6 Å². The third-order valence-corrected chi connectivity index (χ3v) is 4.90. The number of benzene rings is 1. The lowest BCUT2D eigenvalue weighted by Gasteiger charge is -2.32. The fraction of sp³-hybridized carbons (Fsp3) is 0.368. The SMILES string of the molecule is O=C(c1cn(Cc2ccccc2)nn1)N1CCCC(n2ccc(C(F)(F)F)n2)C1. The highest BCUT2D eigenvalue weighted by atomic mass is 19.4. The zero-order valence-corrected chi connectivity index (χ0v) is 15.5. The molecule has 0 saturated carbocycles. The molecule has 1 fully saturated rings. The molecule has 3 heterocycles. The molecule has 7 nitrogen and oxygen atoms in total. The van der Waals surface area contributed by atoms with Gasteiger partial charge in [0.1, 0.15) is 0 Å². The first-order valence-electron chi connectivity index (χ1n) is 9.26. The van der Waals surface area contributed by atoms with Crippen molar-refractivity contribution in [3.63, 3.8) is 0 Å². The maximum absolute atomic E-state index is 12.8. The molecule has 0 N–H and O–H groups in total. The molecular formula is C19H19F3N6O. The summed E-state index contributed by atoms with van der Waals surface area (Å²) >= 11 is 0. The molecule has 152 valence electrons. The van der Waals surface area contributed by atoms with Gasteiger partial charge in [0, 0.05) is 19.3 Å². The van der Waals surface area contributed by atoms with E-state index in [1.165, 1.54) is 10.9 Å². The Morgan fingerprint density at radius 2 is 1.97 bits per heavy atom. The highest BCUT2D eigenvalue weighted by Crippen LogP contribution is 2.29. The highest BCUT2D eigenvalue weighted by molar-refractivity contribution is 5.92. The number of aromatic nitrogens is 5. The number of nitrogens with zero attached hydrogens (tertiary/aromatic N) is 6. The van der Waals surface area contributed by atoms with Gasteiger partial charge in [-0.3, -0.25) is 9.48 Å². The minimum atomic E-state index is -4.48. The fourth-order valence-corrected chi connectivity index (χ4v) is 3.45. The Bertz CT molecular complexity index is 981. The average molecular weight is 404 g/mol. The van der Waals surface area contributed by atoms with E-state index in [-0.39, 0.29) is 24.2 Å². The van der Waals surface area contributed by atoms with Crippen molar-refractivity contribution in [2.24, 2.45) is 0 Å².